The Bertz CT molecular complexity index is 471. The number of aryl methyl sites for hydroxylation is 2. The fourth-order valence-electron chi connectivity index (χ4n) is 1.61. The smallest absolute Gasteiger partial charge is 0.0682 e. The zero-order valence-electron chi connectivity index (χ0n) is 8.95. The van der Waals surface area contributed by atoms with Crippen molar-refractivity contribution in [3.8, 4) is 10.4 Å². The van der Waals surface area contributed by atoms with Gasteiger partial charge in [-0.25, -0.2) is 0 Å². The number of thiophene rings is 1. The Morgan fingerprint density at radius 1 is 1.20 bits per heavy atom. The van der Waals surface area contributed by atoms with Crippen LogP contribution < -0.4 is 0 Å². The molecule has 2 rings (SSSR count). The topological polar surface area (TPSA) is 20.2 Å². The second-order valence-electron chi connectivity index (χ2n) is 3.80. The van der Waals surface area contributed by atoms with Gasteiger partial charge < -0.3 is 5.11 Å². The Labute approximate surface area is 94.0 Å². The molecule has 0 bridgehead atoms. The van der Waals surface area contributed by atoms with E-state index in [0.717, 1.165) is 5.56 Å². The van der Waals surface area contributed by atoms with E-state index in [1.165, 1.54) is 21.6 Å². The zero-order valence-corrected chi connectivity index (χ0v) is 9.77. The monoisotopic (exact) mass is 218 g/mol. The Morgan fingerprint density at radius 2 is 2.00 bits per heavy atom. The van der Waals surface area contributed by atoms with E-state index in [1.807, 2.05) is 6.07 Å². The normalized spacial score (nSPS) is 10.6. The van der Waals surface area contributed by atoms with Gasteiger partial charge in [-0.2, -0.15) is 0 Å². The maximum absolute atomic E-state index is 9.11. The molecule has 0 fully saturated rings. The van der Waals surface area contributed by atoms with Crippen molar-refractivity contribution in [2.45, 2.75) is 20.5 Å². The van der Waals surface area contributed by atoms with Crippen molar-refractivity contribution < 1.29 is 5.11 Å². The summed E-state index contributed by atoms with van der Waals surface area (Å²) in [6, 6.07) is 8.30. The highest BCUT2D eigenvalue weighted by atomic mass is 32.1. The van der Waals surface area contributed by atoms with Crippen LogP contribution in [0.4, 0.5) is 0 Å². The van der Waals surface area contributed by atoms with Gasteiger partial charge >= 0.3 is 0 Å². The van der Waals surface area contributed by atoms with Crippen molar-refractivity contribution in [1.82, 2.24) is 0 Å². The summed E-state index contributed by atoms with van der Waals surface area (Å²) in [5.74, 6) is 0. The average Bonchev–Trinajstić information content (AvgIpc) is 2.65. The first kappa shape index (κ1) is 10.4. The average molecular weight is 218 g/mol. The van der Waals surface area contributed by atoms with Crippen LogP contribution in [0.2, 0.25) is 0 Å². The molecule has 0 atom stereocenters. The molecule has 1 N–H and O–H groups in total. The van der Waals surface area contributed by atoms with Gasteiger partial charge in [-0.05, 0) is 53.6 Å². The molecule has 1 aromatic carbocycles. The molecule has 0 unspecified atom stereocenters. The summed E-state index contributed by atoms with van der Waals surface area (Å²) in [6.07, 6.45) is 0. The highest BCUT2D eigenvalue weighted by molar-refractivity contribution is 7.13. The summed E-state index contributed by atoms with van der Waals surface area (Å²) in [6.45, 7) is 4.31. The van der Waals surface area contributed by atoms with Crippen molar-refractivity contribution in [3.63, 3.8) is 0 Å². The molecule has 0 spiro atoms. The number of aliphatic hydroxyl groups is 1. The minimum atomic E-state index is 0.109. The van der Waals surface area contributed by atoms with Crippen LogP contribution in [-0.4, -0.2) is 5.11 Å². The molecule has 1 aromatic heterocycles. The van der Waals surface area contributed by atoms with Gasteiger partial charge in [0, 0.05) is 4.88 Å². The largest absolute Gasteiger partial charge is 0.392 e. The van der Waals surface area contributed by atoms with Crippen LogP contribution in [0.15, 0.2) is 29.6 Å². The summed E-state index contributed by atoms with van der Waals surface area (Å²) in [5, 5.41) is 11.3. The lowest BCUT2D eigenvalue weighted by atomic mass is 10.0. The Morgan fingerprint density at radius 3 is 2.60 bits per heavy atom. The first-order valence-electron chi connectivity index (χ1n) is 4.96. The number of hydrogen-bond acceptors (Lipinski definition) is 2. The molecule has 2 heteroatoms. The number of benzene rings is 1. The Hall–Kier alpha value is -1.12. The van der Waals surface area contributed by atoms with E-state index in [2.05, 4.69) is 37.4 Å². The van der Waals surface area contributed by atoms with Crippen LogP contribution in [0.1, 0.15) is 16.7 Å². The SMILES string of the molecule is Cc1csc(-c2cc(CO)ccc2C)c1. The van der Waals surface area contributed by atoms with Crippen LogP contribution in [0.25, 0.3) is 10.4 Å². The van der Waals surface area contributed by atoms with Crippen molar-refractivity contribution in [3.05, 3.63) is 46.3 Å². The lowest BCUT2D eigenvalue weighted by Crippen LogP contribution is -1.86. The van der Waals surface area contributed by atoms with Gasteiger partial charge in [-0.1, -0.05) is 12.1 Å². The van der Waals surface area contributed by atoms with Crippen LogP contribution in [-0.2, 0) is 6.61 Å². The summed E-state index contributed by atoms with van der Waals surface area (Å²) >= 11 is 1.75. The molecule has 2 aromatic rings. The molecule has 1 heterocycles. The Balaban J connectivity index is 2.51. The van der Waals surface area contributed by atoms with Gasteiger partial charge in [0.1, 0.15) is 0 Å². The summed E-state index contributed by atoms with van der Waals surface area (Å²) in [5.41, 5.74) is 4.76. The van der Waals surface area contributed by atoms with E-state index in [4.69, 9.17) is 5.11 Å². The van der Waals surface area contributed by atoms with Crippen LogP contribution in [0.3, 0.4) is 0 Å². The first-order chi connectivity index (χ1) is 7.20. The number of aliphatic hydroxyl groups excluding tert-OH is 1. The molecule has 0 saturated heterocycles. The summed E-state index contributed by atoms with van der Waals surface area (Å²) in [7, 11) is 0. The van der Waals surface area contributed by atoms with Gasteiger partial charge in [0.25, 0.3) is 0 Å². The second kappa shape index (κ2) is 4.17. The van der Waals surface area contributed by atoms with E-state index >= 15 is 0 Å². The maximum Gasteiger partial charge on any atom is 0.0682 e. The molecule has 0 aliphatic rings. The summed E-state index contributed by atoms with van der Waals surface area (Å²) < 4.78 is 0. The predicted molar refractivity (Wildman–Crippen MR) is 65.2 cm³/mol. The fraction of sp³-hybridized carbons (Fsp3) is 0.231. The van der Waals surface area contributed by atoms with Gasteiger partial charge in [-0.3, -0.25) is 0 Å². The fourth-order valence-corrected chi connectivity index (χ4v) is 2.59. The molecule has 15 heavy (non-hydrogen) atoms. The van der Waals surface area contributed by atoms with E-state index in [0.29, 0.717) is 0 Å². The molecule has 0 aliphatic carbocycles. The third-order valence-electron chi connectivity index (χ3n) is 2.48. The number of hydrogen-bond donors (Lipinski definition) is 1. The maximum atomic E-state index is 9.11. The van der Waals surface area contributed by atoms with E-state index < -0.39 is 0 Å². The molecule has 1 nitrogen and oxygen atoms in total. The van der Waals surface area contributed by atoms with Crippen molar-refractivity contribution in [1.29, 1.82) is 0 Å². The van der Waals surface area contributed by atoms with Crippen LogP contribution in [0.5, 0.6) is 0 Å². The number of rotatable bonds is 2. The predicted octanol–water partition coefficient (Wildman–Crippen LogP) is 3.52. The van der Waals surface area contributed by atoms with Crippen LogP contribution >= 0.6 is 11.3 Å². The van der Waals surface area contributed by atoms with E-state index in [1.54, 1.807) is 11.3 Å². The highest BCUT2D eigenvalue weighted by Gasteiger charge is 2.05. The van der Waals surface area contributed by atoms with Crippen molar-refractivity contribution >= 4 is 11.3 Å². The van der Waals surface area contributed by atoms with Crippen molar-refractivity contribution in [2.75, 3.05) is 0 Å². The molecule has 0 amide bonds. The lowest BCUT2D eigenvalue weighted by Gasteiger charge is -2.05. The van der Waals surface area contributed by atoms with Crippen molar-refractivity contribution in [2.24, 2.45) is 0 Å². The Kier molecular flexibility index (Phi) is 2.89. The van der Waals surface area contributed by atoms with Gasteiger partial charge in [0.2, 0.25) is 0 Å². The van der Waals surface area contributed by atoms with E-state index in [9.17, 15) is 0 Å². The van der Waals surface area contributed by atoms with Gasteiger partial charge in [0.05, 0.1) is 6.61 Å². The highest BCUT2D eigenvalue weighted by Crippen LogP contribution is 2.30. The van der Waals surface area contributed by atoms with Gasteiger partial charge in [-0.15, -0.1) is 11.3 Å². The summed E-state index contributed by atoms with van der Waals surface area (Å²) in [4.78, 5) is 1.28. The van der Waals surface area contributed by atoms with Gasteiger partial charge in [0.15, 0.2) is 0 Å². The molecule has 0 radical (unpaired) electrons. The lowest BCUT2D eigenvalue weighted by molar-refractivity contribution is 0.282. The molecular formula is C13H14OS. The third kappa shape index (κ3) is 2.11. The molecule has 78 valence electrons. The molecule has 0 aliphatic heterocycles. The molecule has 0 saturated carbocycles. The standard InChI is InChI=1S/C13H14OS/c1-9-5-13(15-8-9)12-6-11(7-14)4-3-10(12)2/h3-6,8,14H,7H2,1-2H3. The van der Waals surface area contributed by atoms with Crippen LogP contribution in [0, 0.1) is 13.8 Å². The molecular weight excluding hydrogens is 204 g/mol. The minimum absolute atomic E-state index is 0.109. The first-order valence-corrected chi connectivity index (χ1v) is 5.84. The minimum Gasteiger partial charge on any atom is -0.392 e. The van der Waals surface area contributed by atoms with E-state index in [-0.39, 0.29) is 6.61 Å². The zero-order chi connectivity index (χ0) is 10.8. The third-order valence-corrected chi connectivity index (χ3v) is 3.56. The quantitative estimate of drug-likeness (QED) is 0.817. The second-order valence-corrected chi connectivity index (χ2v) is 4.71.